The molecule has 1 fully saturated rings. The number of likely N-dealkylation sites (tertiary alicyclic amines) is 1. The summed E-state index contributed by atoms with van der Waals surface area (Å²) in [5.41, 5.74) is 0.140. The van der Waals surface area contributed by atoms with Crippen molar-refractivity contribution in [1.29, 1.82) is 0 Å². The van der Waals surface area contributed by atoms with Crippen LogP contribution in [0.25, 0.3) is 0 Å². The van der Waals surface area contributed by atoms with Crippen LogP contribution < -0.4 is 0 Å². The van der Waals surface area contributed by atoms with E-state index < -0.39 is 5.41 Å². The van der Waals surface area contributed by atoms with Crippen LogP contribution in [0.4, 0.5) is 4.39 Å². The molecule has 6 nitrogen and oxygen atoms in total. The Labute approximate surface area is 158 Å². The Morgan fingerprint density at radius 2 is 2.19 bits per heavy atom. The minimum Gasteiger partial charge on any atom is -0.466 e. The second-order valence-corrected chi connectivity index (χ2v) is 7.20. The molecule has 0 radical (unpaired) electrons. The third-order valence-electron chi connectivity index (χ3n) is 5.27. The summed E-state index contributed by atoms with van der Waals surface area (Å²) < 4.78 is 19.3. The number of carbonyl (C=O) groups excluding carboxylic acids is 2. The molecule has 2 aliphatic heterocycles. The van der Waals surface area contributed by atoms with E-state index in [9.17, 15) is 14.0 Å². The number of benzene rings is 1. The molecule has 0 bridgehead atoms. The summed E-state index contributed by atoms with van der Waals surface area (Å²) in [7, 11) is 0. The van der Waals surface area contributed by atoms with Crippen molar-refractivity contribution in [3.8, 4) is 0 Å². The molecular weight excluding hydrogens is 351 g/mol. The summed E-state index contributed by atoms with van der Waals surface area (Å²) in [6, 6.07) is 6.43. The summed E-state index contributed by atoms with van der Waals surface area (Å²) in [5, 5.41) is 4.05. The van der Waals surface area contributed by atoms with Gasteiger partial charge in [0.05, 0.1) is 17.7 Å². The summed E-state index contributed by atoms with van der Waals surface area (Å²) in [6.07, 6.45) is 1.81. The average molecular weight is 376 g/mol. The number of ether oxygens (including phenoxy) is 1. The van der Waals surface area contributed by atoms with Gasteiger partial charge in [0.15, 0.2) is 0 Å². The standard InChI is InChI=1S/C20H25FN2O4/c1-3-26-19(25)20(9-6-10-23(13-20)14(2)24)12-15-11-18(22-27-15)16-7-4-5-8-17(16)21/h4-5,7-8,15H,3,6,9-13H2,1-2H3/t15-,20-/m1/s1. The second-order valence-electron chi connectivity index (χ2n) is 7.20. The molecule has 7 heteroatoms. The van der Waals surface area contributed by atoms with E-state index in [1.165, 1.54) is 13.0 Å². The van der Waals surface area contributed by atoms with Crippen LogP contribution in [-0.2, 0) is 19.2 Å². The number of hydrogen-bond acceptors (Lipinski definition) is 5. The van der Waals surface area contributed by atoms with Crippen molar-refractivity contribution < 1.29 is 23.6 Å². The lowest BCUT2D eigenvalue weighted by Crippen LogP contribution is -2.51. The molecule has 2 heterocycles. The fraction of sp³-hybridized carbons (Fsp3) is 0.550. The predicted molar refractivity (Wildman–Crippen MR) is 97.6 cm³/mol. The molecule has 2 aliphatic rings. The molecule has 1 aromatic rings. The Bertz CT molecular complexity index is 751. The third kappa shape index (κ3) is 4.12. The minimum atomic E-state index is -0.815. The van der Waals surface area contributed by atoms with Crippen LogP contribution in [0.15, 0.2) is 29.4 Å². The maximum absolute atomic E-state index is 14.0. The Hall–Kier alpha value is -2.44. The van der Waals surface area contributed by atoms with Crippen LogP contribution in [0.5, 0.6) is 0 Å². The quantitative estimate of drug-likeness (QED) is 0.741. The summed E-state index contributed by atoms with van der Waals surface area (Å²) in [5.74, 6) is -0.709. The molecule has 1 saturated heterocycles. The smallest absolute Gasteiger partial charge is 0.314 e. The molecule has 0 aromatic heterocycles. The number of esters is 1. The number of hydrogen-bond donors (Lipinski definition) is 0. The monoisotopic (exact) mass is 376 g/mol. The highest BCUT2D eigenvalue weighted by atomic mass is 19.1. The van der Waals surface area contributed by atoms with E-state index in [2.05, 4.69) is 5.16 Å². The molecule has 0 N–H and O–H groups in total. The Morgan fingerprint density at radius 3 is 2.89 bits per heavy atom. The molecule has 2 atom stereocenters. The van der Waals surface area contributed by atoms with Crippen molar-refractivity contribution in [3.63, 3.8) is 0 Å². The maximum Gasteiger partial charge on any atom is 0.314 e. The number of halogens is 1. The van der Waals surface area contributed by atoms with Crippen LogP contribution in [0.2, 0.25) is 0 Å². The molecule has 3 rings (SSSR count). The number of amides is 1. The van der Waals surface area contributed by atoms with Gasteiger partial charge in [-0.1, -0.05) is 23.4 Å². The number of nitrogens with zero attached hydrogens (tertiary/aromatic N) is 2. The van der Waals surface area contributed by atoms with Crippen LogP contribution in [-0.4, -0.2) is 48.3 Å². The molecule has 0 aliphatic carbocycles. The lowest BCUT2D eigenvalue weighted by Gasteiger charge is -2.41. The van der Waals surface area contributed by atoms with Crippen LogP contribution in [0, 0.1) is 11.2 Å². The van der Waals surface area contributed by atoms with Crippen molar-refractivity contribution in [2.75, 3.05) is 19.7 Å². The Kier molecular flexibility index (Phi) is 5.77. The second kappa shape index (κ2) is 8.06. The molecule has 146 valence electrons. The van der Waals surface area contributed by atoms with Gasteiger partial charge in [0.25, 0.3) is 0 Å². The number of oxime groups is 1. The first-order valence-corrected chi connectivity index (χ1v) is 9.35. The fourth-order valence-corrected chi connectivity index (χ4v) is 3.93. The SMILES string of the molecule is CCOC(=O)[C@@]1(C[C@H]2CC(c3ccccc3F)=NO2)CCCN(C(C)=O)C1. The van der Waals surface area contributed by atoms with Crippen molar-refractivity contribution in [2.24, 2.45) is 10.6 Å². The topological polar surface area (TPSA) is 68.2 Å². The number of rotatable bonds is 5. The number of carbonyl (C=O) groups is 2. The van der Waals surface area contributed by atoms with Gasteiger partial charge in [-0.05, 0) is 25.8 Å². The van der Waals surface area contributed by atoms with Crippen molar-refractivity contribution in [3.05, 3.63) is 35.6 Å². The Morgan fingerprint density at radius 1 is 1.41 bits per heavy atom. The van der Waals surface area contributed by atoms with E-state index in [1.54, 1.807) is 30.0 Å². The maximum atomic E-state index is 14.0. The van der Waals surface area contributed by atoms with E-state index in [4.69, 9.17) is 9.57 Å². The molecule has 27 heavy (non-hydrogen) atoms. The van der Waals surface area contributed by atoms with Gasteiger partial charge in [0, 0.05) is 38.4 Å². The minimum absolute atomic E-state index is 0.0565. The normalized spacial score (nSPS) is 24.9. The fourth-order valence-electron chi connectivity index (χ4n) is 3.93. The summed E-state index contributed by atoms with van der Waals surface area (Å²) in [6.45, 7) is 4.51. The lowest BCUT2D eigenvalue weighted by molar-refractivity contribution is -0.163. The van der Waals surface area contributed by atoms with Gasteiger partial charge in [-0.3, -0.25) is 9.59 Å². The van der Waals surface area contributed by atoms with E-state index in [-0.39, 0.29) is 30.4 Å². The molecular formula is C20H25FN2O4. The lowest BCUT2D eigenvalue weighted by atomic mass is 9.74. The van der Waals surface area contributed by atoms with Gasteiger partial charge in [0.1, 0.15) is 11.9 Å². The van der Waals surface area contributed by atoms with Gasteiger partial charge in [-0.25, -0.2) is 4.39 Å². The van der Waals surface area contributed by atoms with Gasteiger partial charge in [-0.15, -0.1) is 0 Å². The summed E-state index contributed by atoms with van der Waals surface area (Å²) in [4.78, 5) is 31.9. The molecule has 0 spiro atoms. The van der Waals surface area contributed by atoms with Crippen LogP contribution in [0.1, 0.15) is 45.1 Å². The number of piperidine rings is 1. The zero-order chi connectivity index (χ0) is 19.4. The van der Waals surface area contributed by atoms with Gasteiger partial charge >= 0.3 is 5.97 Å². The van der Waals surface area contributed by atoms with Crippen LogP contribution >= 0.6 is 0 Å². The highest BCUT2D eigenvalue weighted by molar-refractivity contribution is 6.01. The largest absolute Gasteiger partial charge is 0.466 e. The van der Waals surface area contributed by atoms with E-state index >= 15 is 0 Å². The van der Waals surface area contributed by atoms with Crippen LogP contribution in [0.3, 0.4) is 0 Å². The molecule has 1 amide bonds. The predicted octanol–water partition coefficient (Wildman–Crippen LogP) is 2.90. The summed E-state index contributed by atoms with van der Waals surface area (Å²) >= 11 is 0. The first-order valence-electron chi connectivity index (χ1n) is 9.35. The zero-order valence-electron chi connectivity index (χ0n) is 15.7. The van der Waals surface area contributed by atoms with E-state index in [1.807, 2.05) is 0 Å². The first-order chi connectivity index (χ1) is 12.9. The van der Waals surface area contributed by atoms with Gasteiger partial charge < -0.3 is 14.5 Å². The van der Waals surface area contributed by atoms with E-state index in [0.29, 0.717) is 43.6 Å². The molecule has 0 unspecified atom stereocenters. The van der Waals surface area contributed by atoms with Gasteiger partial charge in [0.2, 0.25) is 5.91 Å². The molecule has 0 saturated carbocycles. The first kappa shape index (κ1) is 19.3. The highest BCUT2D eigenvalue weighted by Crippen LogP contribution is 2.39. The molecule has 1 aromatic carbocycles. The average Bonchev–Trinajstić information content (AvgIpc) is 3.10. The van der Waals surface area contributed by atoms with Crippen molar-refractivity contribution >= 4 is 17.6 Å². The van der Waals surface area contributed by atoms with Crippen molar-refractivity contribution in [1.82, 2.24) is 4.90 Å². The van der Waals surface area contributed by atoms with Crippen molar-refractivity contribution in [2.45, 2.75) is 45.6 Å². The van der Waals surface area contributed by atoms with E-state index in [0.717, 1.165) is 6.42 Å². The Balaban J connectivity index is 1.75. The highest BCUT2D eigenvalue weighted by Gasteiger charge is 2.47. The zero-order valence-corrected chi connectivity index (χ0v) is 15.7. The third-order valence-corrected chi connectivity index (χ3v) is 5.27. The van der Waals surface area contributed by atoms with Gasteiger partial charge in [-0.2, -0.15) is 0 Å².